The molecular formula is C11H11BrClNO3S. The fourth-order valence-electron chi connectivity index (χ4n) is 1.17. The van der Waals surface area contributed by atoms with Crippen molar-refractivity contribution < 1.29 is 14.7 Å². The first-order valence-electron chi connectivity index (χ1n) is 5.04. The van der Waals surface area contributed by atoms with Crippen LogP contribution in [0.1, 0.15) is 10.4 Å². The van der Waals surface area contributed by atoms with Crippen molar-refractivity contribution in [3.8, 4) is 0 Å². The molecule has 0 heterocycles. The Bertz CT molecular complexity index is 456. The van der Waals surface area contributed by atoms with E-state index in [0.717, 1.165) is 0 Å². The predicted octanol–water partition coefficient (Wildman–Crippen LogP) is 2.65. The van der Waals surface area contributed by atoms with E-state index in [-0.39, 0.29) is 11.7 Å². The summed E-state index contributed by atoms with van der Waals surface area (Å²) >= 11 is 10.5. The number of carboxylic acids is 1. The van der Waals surface area contributed by atoms with E-state index in [9.17, 15) is 9.59 Å². The number of carbonyl (C=O) groups is 2. The summed E-state index contributed by atoms with van der Waals surface area (Å²) in [6.45, 7) is 0.402. The van der Waals surface area contributed by atoms with Crippen molar-refractivity contribution in [1.29, 1.82) is 0 Å². The van der Waals surface area contributed by atoms with E-state index in [2.05, 4.69) is 21.2 Å². The van der Waals surface area contributed by atoms with E-state index >= 15 is 0 Å². The third-order valence-electron chi connectivity index (χ3n) is 1.95. The van der Waals surface area contributed by atoms with Crippen LogP contribution in [0.15, 0.2) is 22.7 Å². The first-order valence-corrected chi connectivity index (χ1v) is 7.36. The van der Waals surface area contributed by atoms with Gasteiger partial charge in [-0.3, -0.25) is 9.59 Å². The normalized spacial score (nSPS) is 10.1. The number of aliphatic carboxylic acids is 1. The summed E-state index contributed by atoms with van der Waals surface area (Å²) in [6, 6.07) is 5.11. The predicted molar refractivity (Wildman–Crippen MR) is 76.4 cm³/mol. The fourth-order valence-corrected chi connectivity index (χ4v) is 2.31. The maximum absolute atomic E-state index is 11.8. The van der Waals surface area contributed by atoms with E-state index in [4.69, 9.17) is 16.7 Å². The lowest BCUT2D eigenvalue weighted by atomic mass is 10.2. The first-order chi connectivity index (χ1) is 8.52. The molecule has 1 aromatic rings. The molecule has 0 saturated carbocycles. The molecule has 0 aromatic heterocycles. The number of halogens is 2. The molecule has 1 amide bonds. The van der Waals surface area contributed by atoms with Gasteiger partial charge in [-0.15, -0.1) is 11.8 Å². The molecule has 0 saturated heterocycles. The van der Waals surface area contributed by atoms with Crippen LogP contribution in [0.5, 0.6) is 0 Å². The Kier molecular flexibility index (Phi) is 6.52. The molecule has 2 N–H and O–H groups in total. The molecule has 1 aromatic carbocycles. The molecule has 0 radical (unpaired) electrons. The average molecular weight is 353 g/mol. The third-order valence-corrected chi connectivity index (χ3v) is 4.19. The highest BCUT2D eigenvalue weighted by Crippen LogP contribution is 2.25. The van der Waals surface area contributed by atoms with Gasteiger partial charge in [-0.1, -0.05) is 17.7 Å². The number of hydrogen-bond acceptors (Lipinski definition) is 3. The Morgan fingerprint density at radius 2 is 2.17 bits per heavy atom. The van der Waals surface area contributed by atoms with Gasteiger partial charge in [0.2, 0.25) is 0 Å². The van der Waals surface area contributed by atoms with Crippen LogP contribution in [0.4, 0.5) is 0 Å². The van der Waals surface area contributed by atoms with Gasteiger partial charge in [-0.05, 0) is 28.1 Å². The van der Waals surface area contributed by atoms with Crippen molar-refractivity contribution >= 4 is 51.2 Å². The Labute approximate surface area is 122 Å². The van der Waals surface area contributed by atoms with Gasteiger partial charge < -0.3 is 10.4 Å². The molecule has 1 rings (SSSR count). The van der Waals surface area contributed by atoms with Gasteiger partial charge >= 0.3 is 5.97 Å². The van der Waals surface area contributed by atoms with Gasteiger partial charge in [-0.2, -0.15) is 0 Å². The Hall–Kier alpha value is -0.720. The largest absolute Gasteiger partial charge is 0.481 e. The van der Waals surface area contributed by atoms with Crippen LogP contribution in [0.3, 0.4) is 0 Å². The zero-order valence-corrected chi connectivity index (χ0v) is 12.4. The molecule has 0 bridgehead atoms. The third kappa shape index (κ3) is 4.88. The van der Waals surface area contributed by atoms with E-state index in [1.54, 1.807) is 18.2 Å². The molecule has 0 aliphatic carbocycles. The smallest absolute Gasteiger partial charge is 0.313 e. The summed E-state index contributed by atoms with van der Waals surface area (Å²) in [7, 11) is 0. The maximum atomic E-state index is 11.8. The lowest BCUT2D eigenvalue weighted by Crippen LogP contribution is -2.26. The highest BCUT2D eigenvalue weighted by Gasteiger charge is 2.11. The number of nitrogens with one attached hydrogen (secondary N) is 1. The van der Waals surface area contributed by atoms with E-state index in [1.165, 1.54) is 11.8 Å². The van der Waals surface area contributed by atoms with E-state index in [1.807, 2.05) is 0 Å². The van der Waals surface area contributed by atoms with Crippen LogP contribution in [0, 0.1) is 0 Å². The highest BCUT2D eigenvalue weighted by molar-refractivity contribution is 9.10. The first kappa shape index (κ1) is 15.3. The number of hydrogen-bond donors (Lipinski definition) is 2. The van der Waals surface area contributed by atoms with Gasteiger partial charge in [0, 0.05) is 16.8 Å². The average Bonchev–Trinajstić information content (AvgIpc) is 2.31. The lowest BCUT2D eigenvalue weighted by molar-refractivity contribution is -0.133. The van der Waals surface area contributed by atoms with E-state index < -0.39 is 5.97 Å². The standard InChI is InChI=1S/C11H11BrClNO3S/c12-8-3-1-2-7(10(8)13)11(17)14-4-5-18-6-9(15)16/h1-3H,4-6H2,(H,14,17)(H,15,16). The number of thioether (sulfide) groups is 1. The van der Waals surface area contributed by atoms with Gasteiger partial charge in [0.1, 0.15) is 0 Å². The summed E-state index contributed by atoms with van der Waals surface area (Å²) in [6.07, 6.45) is 0. The van der Waals surface area contributed by atoms with Crippen LogP contribution in [0.2, 0.25) is 5.02 Å². The molecule has 0 atom stereocenters. The molecule has 0 unspecified atom stereocenters. The lowest BCUT2D eigenvalue weighted by Gasteiger charge is -2.07. The number of rotatable bonds is 6. The monoisotopic (exact) mass is 351 g/mol. The van der Waals surface area contributed by atoms with Crippen LogP contribution in [-0.4, -0.2) is 35.0 Å². The number of carboxylic acid groups (broad SMARTS) is 1. The van der Waals surface area contributed by atoms with E-state index in [0.29, 0.717) is 27.4 Å². The molecular weight excluding hydrogens is 342 g/mol. The van der Waals surface area contributed by atoms with Crippen molar-refractivity contribution in [3.63, 3.8) is 0 Å². The molecule has 0 aliphatic rings. The Morgan fingerprint density at radius 3 is 2.83 bits per heavy atom. The number of benzene rings is 1. The van der Waals surface area contributed by atoms with Crippen LogP contribution in [-0.2, 0) is 4.79 Å². The van der Waals surface area contributed by atoms with Gasteiger partial charge in [0.15, 0.2) is 0 Å². The van der Waals surface area contributed by atoms with Gasteiger partial charge in [-0.25, -0.2) is 0 Å². The van der Waals surface area contributed by atoms with Crippen molar-refractivity contribution in [2.24, 2.45) is 0 Å². The Morgan fingerprint density at radius 1 is 1.44 bits per heavy atom. The minimum Gasteiger partial charge on any atom is -0.481 e. The SMILES string of the molecule is O=C(O)CSCCNC(=O)c1cccc(Br)c1Cl. The minimum absolute atomic E-state index is 0.0352. The number of carbonyl (C=O) groups excluding carboxylic acids is 1. The summed E-state index contributed by atoms with van der Waals surface area (Å²) < 4.78 is 0.664. The molecule has 0 fully saturated rings. The number of amides is 1. The fraction of sp³-hybridized carbons (Fsp3) is 0.273. The molecule has 18 heavy (non-hydrogen) atoms. The summed E-state index contributed by atoms with van der Waals surface area (Å²) in [5.41, 5.74) is 0.397. The topological polar surface area (TPSA) is 66.4 Å². The maximum Gasteiger partial charge on any atom is 0.313 e. The molecule has 0 spiro atoms. The molecule has 4 nitrogen and oxygen atoms in total. The molecule has 0 aliphatic heterocycles. The van der Waals surface area contributed by atoms with Crippen molar-refractivity contribution in [2.75, 3.05) is 18.1 Å². The highest BCUT2D eigenvalue weighted by atomic mass is 79.9. The second-order valence-corrected chi connectivity index (χ2v) is 5.64. The quantitative estimate of drug-likeness (QED) is 0.773. The summed E-state index contributed by atoms with van der Waals surface area (Å²) in [5, 5.41) is 11.5. The van der Waals surface area contributed by atoms with Crippen molar-refractivity contribution in [3.05, 3.63) is 33.3 Å². The van der Waals surface area contributed by atoms with Crippen LogP contribution in [0.25, 0.3) is 0 Å². The van der Waals surface area contributed by atoms with Crippen LogP contribution >= 0.6 is 39.3 Å². The summed E-state index contributed by atoms with van der Waals surface area (Å²) in [4.78, 5) is 22.0. The van der Waals surface area contributed by atoms with Crippen molar-refractivity contribution in [1.82, 2.24) is 5.32 Å². The van der Waals surface area contributed by atoms with Gasteiger partial charge in [0.25, 0.3) is 5.91 Å². The minimum atomic E-state index is -0.860. The zero-order chi connectivity index (χ0) is 13.5. The summed E-state index contributed by atoms with van der Waals surface area (Å²) in [5.74, 6) is -0.546. The Balaban J connectivity index is 2.41. The van der Waals surface area contributed by atoms with Crippen molar-refractivity contribution in [2.45, 2.75) is 0 Å². The second-order valence-electron chi connectivity index (χ2n) is 3.30. The zero-order valence-electron chi connectivity index (χ0n) is 9.28. The van der Waals surface area contributed by atoms with Gasteiger partial charge in [0.05, 0.1) is 16.3 Å². The molecule has 7 heteroatoms. The second kappa shape index (κ2) is 7.66. The molecule has 98 valence electrons. The van der Waals surface area contributed by atoms with Crippen LogP contribution < -0.4 is 5.32 Å².